The van der Waals surface area contributed by atoms with E-state index in [9.17, 15) is 0 Å². The fourth-order valence-corrected chi connectivity index (χ4v) is 1.09. The molecule has 60 valence electrons. The van der Waals surface area contributed by atoms with Gasteiger partial charge in [0, 0.05) is 0 Å². The van der Waals surface area contributed by atoms with Crippen molar-refractivity contribution in [3.8, 4) is 5.75 Å². The third kappa shape index (κ3) is 2.49. The molecule has 1 unspecified atom stereocenters. The molecule has 0 spiro atoms. The van der Waals surface area contributed by atoms with Crippen LogP contribution < -0.4 is 4.52 Å². The van der Waals surface area contributed by atoms with Gasteiger partial charge in [0.15, 0.2) is 0 Å². The van der Waals surface area contributed by atoms with Crippen molar-refractivity contribution in [1.82, 2.24) is 0 Å². The Morgan fingerprint density at radius 1 is 1.36 bits per heavy atom. The standard InChI is InChI=1S/C8H11O2P/c1-2-7-3-5-8(6-4-7)10-11-9/h3-6,9,11H,2H2,1H3. The zero-order chi connectivity index (χ0) is 8.10. The van der Waals surface area contributed by atoms with Gasteiger partial charge in [-0.3, -0.25) is 0 Å². The number of benzene rings is 1. The number of aryl methyl sites for hydroxylation is 1. The lowest BCUT2D eigenvalue weighted by Crippen LogP contribution is -1.80. The van der Waals surface area contributed by atoms with Gasteiger partial charge in [0.2, 0.25) is 9.03 Å². The van der Waals surface area contributed by atoms with Crippen molar-refractivity contribution in [3.05, 3.63) is 29.8 Å². The molecule has 0 aromatic heterocycles. The maximum absolute atomic E-state index is 8.45. The van der Waals surface area contributed by atoms with Crippen molar-refractivity contribution in [2.45, 2.75) is 13.3 Å². The van der Waals surface area contributed by atoms with E-state index >= 15 is 0 Å². The quantitative estimate of drug-likeness (QED) is 0.704. The molecule has 2 nitrogen and oxygen atoms in total. The summed E-state index contributed by atoms with van der Waals surface area (Å²) in [6.07, 6.45) is 1.03. The van der Waals surface area contributed by atoms with Crippen LogP contribution in [0, 0.1) is 0 Å². The molecule has 0 bridgehead atoms. The van der Waals surface area contributed by atoms with Gasteiger partial charge in [-0.05, 0) is 24.1 Å². The summed E-state index contributed by atoms with van der Waals surface area (Å²) < 4.78 is 4.89. The summed E-state index contributed by atoms with van der Waals surface area (Å²) in [6, 6.07) is 7.72. The van der Waals surface area contributed by atoms with Crippen LogP contribution in [0.4, 0.5) is 0 Å². The summed E-state index contributed by atoms with van der Waals surface area (Å²) in [5.41, 5.74) is 1.28. The second-order valence-electron chi connectivity index (χ2n) is 2.19. The van der Waals surface area contributed by atoms with E-state index in [1.807, 2.05) is 24.3 Å². The molecule has 0 heterocycles. The highest BCUT2D eigenvalue weighted by Crippen LogP contribution is 2.18. The van der Waals surface area contributed by atoms with Gasteiger partial charge >= 0.3 is 0 Å². The average molecular weight is 170 g/mol. The van der Waals surface area contributed by atoms with Gasteiger partial charge in [-0.2, -0.15) is 0 Å². The Morgan fingerprint density at radius 2 is 2.00 bits per heavy atom. The minimum atomic E-state index is -0.467. The van der Waals surface area contributed by atoms with Crippen molar-refractivity contribution in [2.24, 2.45) is 0 Å². The fraction of sp³-hybridized carbons (Fsp3) is 0.250. The van der Waals surface area contributed by atoms with Crippen molar-refractivity contribution in [3.63, 3.8) is 0 Å². The fourth-order valence-electron chi connectivity index (χ4n) is 0.846. The van der Waals surface area contributed by atoms with Crippen LogP contribution in [0.15, 0.2) is 24.3 Å². The van der Waals surface area contributed by atoms with E-state index in [2.05, 4.69) is 6.92 Å². The molecule has 0 radical (unpaired) electrons. The monoisotopic (exact) mass is 170 g/mol. The van der Waals surface area contributed by atoms with Gasteiger partial charge < -0.3 is 9.42 Å². The maximum Gasteiger partial charge on any atom is 0.212 e. The number of rotatable bonds is 3. The van der Waals surface area contributed by atoms with E-state index < -0.39 is 9.03 Å². The molecule has 0 aliphatic rings. The molecule has 0 amide bonds. The Kier molecular flexibility index (Phi) is 3.34. The molecule has 1 rings (SSSR count). The Labute approximate surface area is 68.2 Å². The zero-order valence-electron chi connectivity index (χ0n) is 6.37. The first-order valence-electron chi connectivity index (χ1n) is 3.51. The van der Waals surface area contributed by atoms with Crippen LogP contribution in [0.2, 0.25) is 0 Å². The molecule has 3 heteroatoms. The summed E-state index contributed by atoms with van der Waals surface area (Å²) in [5, 5.41) is 0. The third-order valence-corrected chi connectivity index (χ3v) is 1.82. The van der Waals surface area contributed by atoms with E-state index in [1.54, 1.807) is 0 Å². The second-order valence-corrected chi connectivity index (χ2v) is 2.58. The van der Waals surface area contributed by atoms with Gasteiger partial charge in [0.25, 0.3) is 0 Å². The lowest BCUT2D eigenvalue weighted by Gasteiger charge is -2.01. The minimum absolute atomic E-state index is 0.467. The number of hydrogen-bond acceptors (Lipinski definition) is 2. The van der Waals surface area contributed by atoms with Crippen LogP contribution in [0.1, 0.15) is 12.5 Å². The summed E-state index contributed by atoms with van der Waals surface area (Å²) in [5.74, 6) is 0.725. The van der Waals surface area contributed by atoms with E-state index in [-0.39, 0.29) is 0 Å². The van der Waals surface area contributed by atoms with Crippen molar-refractivity contribution in [1.29, 1.82) is 0 Å². The molecular formula is C8H11O2P. The lowest BCUT2D eigenvalue weighted by molar-refractivity contribution is 0.514. The average Bonchev–Trinajstić information content (AvgIpc) is 2.07. The Morgan fingerprint density at radius 3 is 2.45 bits per heavy atom. The van der Waals surface area contributed by atoms with Crippen molar-refractivity contribution < 1.29 is 9.42 Å². The largest absolute Gasteiger partial charge is 0.450 e. The smallest absolute Gasteiger partial charge is 0.212 e. The Hall–Kier alpha value is -0.590. The summed E-state index contributed by atoms with van der Waals surface area (Å²) in [6.45, 7) is 2.10. The molecule has 0 saturated heterocycles. The second kappa shape index (κ2) is 4.32. The summed E-state index contributed by atoms with van der Waals surface area (Å²) in [7, 11) is -0.467. The molecule has 1 aromatic carbocycles. The highest BCUT2D eigenvalue weighted by Gasteiger charge is 1.91. The van der Waals surface area contributed by atoms with Crippen LogP contribution in [-0.4, -0.2) is 4.89 Å². The van der Waals surface area contributed by atoms with E-state index in [0.717, 1.165) is 12.2 Å². The summed E-state index contributed by atoms with van der Waals surface area (Å²) in [4.78, 5) is 8.45. The number of hydrogen-bond donors (Lipinski definition) is 1. The zero-order valence-corrected chi connectivity index (χ0v) is 7.37. The molecule has 0 fully saturated rings. The third-order valence-electron chi connectivity index (χ3n) is 1.50. The molecule has 0 aliphatic carbocycles. The van der Waals surface area contributed by atoms with Gasteiger partial charge in [0.05, 0.1) is 0 Å². The van der Waals surface area contributed by atoms with Crippen LogP contribution in [-0.2, 0) is 6.42 Å². The van der Waals surface area contributed by atoms with Crippen LogP contribution in [0.5, 0.6) is 5.75 Å². The maximum atomic E-state index is 8.45. The van der Waals surface area contributed by atoms with Crippen molar-refractivity contribution >= 4 is 9.03 Å². The molecule has 0 aliphatic heterocycles. The van der Waals surface area contributed by atoms with E-state index in [4.69, 9.17) is 9.42 Å². The topological polar surface area (TPSA) is 29.5 Å². The molecule has 1 N–H and O–H groups in total. The van der Waals surface area contributed by atoms with Gasteiger partial charge in [0.1, 0.15) is 5.75 Å². The van der Waals surface area contributed by atoms with Gasteiger partial charge in [-0.1, -0.05) is 19.1 Å². The minimum Gasteiger partial charge on any atom is -0.450 e. The molecule has 0 saturated carbocycles. The Balaban J connectivity index is 2.66. The van der Waals surface area contributed by atoms with Gasteiger partial charge in [-0.15, -0.1) is 0 Å². The lowest BCUT2D eigenvalue weighted by atomic mass is 10.2. The van der Waals surface area contributed by atoms with Crippen LogP contribution in [0.3, 0.4) is 0 Å². The SMILES string of the molecule is CCc1ccc(OPO)cc1. The predicted molar refractivity (Wildman–Crippen MR) is 47.0 cm³/mol. The van der Waals surface area contributed by atoms with E-state index in [0.29, 0.717) is 0 Å². The molecular weight excluding hydrogens is 159 g/mol. The molecule has 1 atom stereocenters. The normalized spacial score (nSPS) is 10.7. The van der Waals surface area contributed by atoms with Crippen LogP contribution >= 0.6 is 9.03 Å². The highest BCUT2D eigenvalue weighted by atomic mass is 31.1. The first-order valence-corrected chi connectivity index (χ1v) is 4.37. The van der Waals surface area contributed by atoms with Gasteiger partial charge in [-0.25, -0.2) is 0 Å². The molecule has 1 aromatic rings. The van der Waals surface area contributed by atoms with Crippen molar-refractivity contribution in [2.75, 3.05) is 0 Å². The first kappa shape index (κ1) is 8.51. The predicted octanol–water partition coefficient (Wildman–Crippen LogP) is 2.13. The van der Waals surface area contributed by atoms with Crippen LogP contribution in [0.25, 0.3) is 0 Å². The van der Waals surface area contributed by atoms with E-state index in [1.165, 1.54) is 5.56 Å². The Bertz CT molecular complexity index is 208. The molecule has 11 heavy (non-hydrogen) atoms. The first-order chi connectivity index (χ1) is 5.36. The highest BCUT2D eigenvalue weighted by molar-refractivity contribution is 7.25. The summed E-state index contributed by atoms with van der Waals surface area (Å²) >= 11 is 0.